The molecule has 1 unspecified atom stereocenters. The van der Waals surface area contributed by atoms with Gasteiger partial charge >= 0.3 is 6.18 Å². The molecule has 1 aromatic carbocycles. The van der Waals surface area contributed by atoms with Gasteiger partial charge in [0.2, 0.25) is 0 Å². The van der Waals surface area contributed by atoms with Crippen molar-refractivity contribution >= 4 is 11.6 Å². The van der Waals surface area contributed by atoms with Crippen LogP contribution in [0.25, 0.3) is 0 Å². The normalized spacial score (nSPS) is 18.9. The summed E-state index contributed by atoms with van der Waals surface area (Å²) in [6.07, 6.45) is -3.84. The largest absolute Gasteiger partial charge is 0.416 e. The molecule has 1 aliphatic rings. The van der Waals surface area contributed by atoms with E-state index in [1.165, 1.54) is 12.1 Å². The molecule has 2 rings (SSSR count). The van der Waals surface area contributed by atoms with Crippen molar-refractivity contribution in [2.75, 3.05) is 11.9 Å². The molecule has 1 heterocycles. The summed E-state index contributed by atoms with van der Waals surface area (Å²) in [4.78, 5) is 11.6. The van der Waals surface area contributed by atoms with Crippen molar-refractivity contribution in [3.8, 4) is 0 Å². The molecule has 1 atom stereocenters. The number of rotatable bonds is 2. The highest BCUT2D eigenvalue weighted by molar-refractivity contribution is 5.95. The second kappa shape index (κ2) is 4.75. The van der Waals surface area contributed by atoms with Crippen molar-refractivity contribution in [1.82, 2.24) is 0 Å². The molecule has 1 N–H and O–H groups in total. The van der Waals surface area contributed by atoms with Gasteiger partial charge in [0.15, 0.2) is 6.04 Å². The molecule has 1 aromatic rings. The van der Waals surface area contributed by atoms with Gasteiger partial charge in [-0.2, -0.15) is 23.4 Å². The first-order chi connectivity index (χ1) is 8.47. The van der Waals surface area contributed by atoms with Gasteiger partial charge < -0.3 is 5.32 Å². The highest BCUT2D eigenvalue weighted by Crippen LogP contribution is 2.29. The number of anilines is 1. The van der Waals surface area contributed by atoms with Crippen molar-refractivity contribution in [3.05, 3.63) is 29.8 Å². The Kier molecular flexibility index (Phi) is 3.31. The highest BCUT2D eigenvalue weighted by atomic mass is 19.4. The highest BCUT2D eigenvalue weighted by Gasteiger charge is 2.30. The second-order valence-electron chi connectivity index (χ2n) is 3.85. The number of nitrogens with one attached hydrogen (secondary N) is 1. The molecule has 0 saturated heterocycles. The van der Waals surface area contributed by atoms with Gasteiger partial charge in [-0.25, -0.2) is 0 Å². The van der Waals surface area contributed by atoms with Crippen molar-refractivity contribution < 1.29 is 18.0 Å². The number of amides is 1. The number of hydrogen-bond donors (Lipinski definition) is 1. The third kappa shape index (κ3) is 2.85. The SMILES string of the molecule is O=C(Nc1ccc(C(F)(F)F)cc1)C1CCN=N1. The van der Waals surface area contributed by atoms with Gasteiger partial charge in [0.1, 0.15) is 0 Å². The second-order valence-corrected chi connectivity index (χ2v) is 3.85. The Labute approximate surface area is 101 Å². The summed E-state index contributed by atoms with van der Waals surface area (Å²) in [5, 5.41) is 9.91. The predicted molar refractivity (Wildman–Crippen MR) is 58.2 cm³/mol. The van der Waals surface area contributed by atoms with Crippen LogP contribution in [-0.4, -0.2) is 18.5 Å². The van der Waals surface area contributed by atoms with Gasteiger partial charge in [-0.15, -0.1) is 0 Å². The lowest BCUT2D eigenvalue weighted by molar-refractivity contribution is -0.137. The molecule has 4 nitrogen and oxygen atoms in total. The average Bonchev–Trinajstić information content (AvgIpc) is 2.82. The van der Waals surface area contributed by atoms with Crippen molar-refractivity contribution in [2.45, 2.75) is 18.6 Å². The molecule has 0 saturated carbocycles. The summed E-state index contributed by atoms with van der Waals surface area (Å²) in [6, 6.07) is 3.74. The maximum Gasteiger partial charge on any atom is 0.416 e. The molecule has 1 amide bonds. The van der Waals surface area contributed by atoms with Crippen LogP contribution >= 0.6 is 0 Å². The van der Waals surface area contributed by atoms with E-state index in [9.17, 15) is 18.0 Å². The summed E-state index contributed by atoms with van der Waals surface area (Å²) in [5.74, 6) is -0.351. The molecule has 0 bridgehead atoms. The predicted octanol–water partition coefficient (Wildman–Crippen LogP) is 2.87. The van der Waals surface area contributed by atoms with Crippen molar-refractivity contribution in [1.29, 1.82) is 0 Å². The van der Waals surface area contributed by atoms with Crippen LogP contribution in [0.2, 0.25) is 0 Å². The Hall–Kier alpha value is -1.92. The number of carbonyl (C=O) groups excluding carboxylic acids is 1. The third-order valence-corrected chi connectivity index (χ3v) is 2.51. The number of halogens is 3. The van der Waals surface area contributed by atoms with E-state index in [0.29, 0.717) is 18.7 Å². The lowest BCUT2D eigenvalue weighted by atomic mass is 10.2. The minimum atomic E-state index is -4.37. The van der Waals surface area contributed by atoms with Crippen molar-refractivity contribution in [2.24, 2.45) is 10.2 Å². The summed E-state index contributed by atoms with van der Waals surface area (Å²) >= 11 is 0. The molecule has 7 heteroatoms. The van der Waals surface area contributed by atoms with Gasteiger partial charge in [-0.3, -0.25) is 4.79 Å². The van der Waals surface area contributed by atoms with Crippen LogP contribution in [0.3, 0.4) is 0 Å². The van der Waals surface area contributed by atoms with Gasteiger partial charge in [0, 0.05) is 12.1 Å². The first kappa shape index (κ1) is 12.5. The molecule has 18 heavy (non-hydrogen) atoms. The first-order valence-electron chi connectivity index (χ1n) is 5.31. The van der Waals surface area contributed by atoms with E-state index in [4.69, 9.17) is 0 Å². The minimum Gasteiger partial charge on any atom is -0.324 e. The molecule has 0 aliphatic carbocycles. The topological polar surface area (TPSA) is 53.8 Å². The average molecular weight is 257 g/mol. The molecule has 96 valence electrons. The molecular weight excluding hydrogens is 247 g/mol. The monoisotopic (exact) mass is 257 g/mol. The fraction of sp³-hybridized carbons (Fsp3) is 0.364. The molecule has 0 aromatic heterocycles. The Balaban J connectivity index is 2.02. The zero-order valence-electron chi connectivity index (χ0n) is 9.24. The van der Waals surface area contributed by atoms with Crippen LogP contribution in [0.15, 0.2) is 34.5 Å². The fourth-order valence-corrected chi connectivity index (χ4v) is 1.55. The number of azo groups is 1. The lowest BCUT2D eigenvalue weighted by Gasteiger charge is -2.10. The zero-order chi connectivity index (χ0) is 13.2. The number of carbonyl (C=O) groups is 1. The molecule has 0 radical (unpaired) electrons. The zero-order valence-corrected chi connectivity index (χ0v) is 9.24. The Morgan fingerprint density at radius 2 is 1.94 bits per heavy atom. The summed E-state index contributed by atoms with van der Waals surface area (Å²) in [7, 11) is 0. The quantitative estimate of drug-likeness (QED) is 0.870. The summed E-state index contributed by atoms with van der Waals surface area (Å²) in [6.45, 7) is 0.505. The maximum absolute atomic E-state index is 12.3. The standard InChI is InChI=1S/C11H10F3N3O/c12-11(13,14)7-1-3-8(4-2-7)16-10(18)9-5-6-15-17-9/h1-4,9H,5-6H2,(H,16,18). The molecule has 0 fully saturated rings. The van der Waals surface area contributed by atoms with Crippen LogP contribution in [0.5, 0.6) is 0 Å². The maximum atomic E-state index is 12.3. The van der Waals surface area contributed by atoms with E-state index in [0.717, 1.165) is 12.1 Å². The van der Waals surface area contributed by atoms with Gasteiger partial charge in [0.05, 0.1) is 12.1 Å². The minimum absolute atomic E-state index is 0.315. The smallest absolute Gasteiger partial charge is 0.324 e. The lowest BCUT2D eigenvalue weighted by Crippen LogP contribution is -2.24. The van der Waals surface area contributed by atoms with E-state index in [-0.39, 0.29) is 5.91 Å². The summed E-state index contributed by atoms with van der Waals surface area (Å²) < 4.78 is 36.9. The number of benzene rings is 1. The van der Waals surface area contributed by atoms with E-state index >= 15 is 0 Å². The third-order valence-electron chi connectivity index (χ3n) is 2.51. The van der Waals surface area contributed by atoms with Gasteiger partial charge in [0.25, 0.3) is 5.91 Å². The van der Waals surface area contributed by atoms with E-state index in [1.807, 2.05) is 0 Å². The Bertz CT molecular complexity index is 467. The summed E-state index contributed by atoms with van der Waals surface area (Å²) in [5.41, 5.74) is -0.434. The van der Waals surface area contributed by atoms with Crippen LogP contribution in [0.1, 0.15) is 12.0 Å². The van der Waals surface area contributed by atoms with Crippen molar-refractivity contribution in [3.63, 3.8) is 0 Å². The number of alkyl halides is 3. The Morgan fingerprint density at radius 3 is 2.44 bits per heavy atom. The van der Waals surface area contributed by atoms with Crippen LogP contribution in [0, 0.1) is 0 Å². The number of hydrogen-bond acceptors (Lipinski definition) is 3. The molecule has 0 spiro atoms. The molecule has 1 aliphatic heterocycles. The van der Waals surface area contributed by atoms with Crippen LogP contribution in [0.4, 0.5) is 18.9 Å². The van der Waals surface area contributed by atoms with Gasteiger partial charge in [-0.1, -0.05) is 0 Å². The van der Waals surface area contributed by atoms with Crippen LogP contribution < -0.4 is 5.32 Å². The Morgan fingerprint density at radius 1 is 1.28 bits per heavy atom. The van der Waals surface area contributed by atoms with E-state index in [2.05, 4.69) is 15.5 Å². The van der Waals surface area contributed by atoms with Crippen LogP contribution in [-0.2, 0) is 11.0 Å². The molecular formula is C11H10F3N3O. The van der Waals surface area contributed by atoms with Gasteiger partial charge in [-0.05, 0) is 24.3 Å². The van der Waals surface area contributed by atoms with E-state index < -0.39 is 17.8 Å². The first-order valence-corrected chi connectivity index (χ1v) is 5.31. The number of nitrogens with zero attached hydrogens (tertiary/aromatic N) is 2. The fourth-order valence-electron chi connectivity index (χ4n) is 1.55. The van der Waals surface area contributed by atoms with E-state index in [1.54, 1.807) is 0 Å².